The molecule has 0 bridgehead atoms. The summed E-state index contributed by atoms with van der Waals surface area (Å²) in [6.07, 6.45) is 1.85. The first kappa shape index (κ1) is 7.42. The summed E-state index contributed by atoms with van der Waals surface area (Å²) in [5.41, 5.74) is 0. The topological polar surface area (TPSA) is 34.1 Å². The minimum absolute atomic E-state index is 0.472. The normalized spacial score (nSPS) is 8.71. The van der Waals surface area contributed by atoms with Gasteiger partial charge in [-0.15, -0.1) is 0 Å². The molecule has 0 heterocycles. The van der Waals surface area contributed by atoms with Gasteiger partial charge in [-0.1, -0.05) is 0 Å². The van der Waals surface area contributed by atoms with Gasteiger partial charge in [0.2, 0.25) is 0 Å². The third kappa shape index (κ3) is 6.42. The first-order chi connectivity index (χ1) is 3.27. The van der Waals surface area contributed by atoms with Crippen LogP contribution in [-0.4, -0.2) is 20.2 Å². The van der Waals surface area contributed by atoms with Crippen LogP contribution in [0.3, 0.4) is 0 Å². The summed E-state index contributed by atoms with van der Waals surface area (Å²) in [6.45, 7) is 1.99. The summed E-state index contributed by atoms with van der Waals surface area (Å²) in [4.78, 5) is 0. The maximum atomic E-state index is 9.91. The Morgan fingerprint density at radius 1 is 1.43 bits per heavy atom. The zero-order chi connectivity index (χ0) is 5.70. The van der Waals surface area contributed by atoms with Crippen molar-refractivity contribution in [2.24, 2.45) is 0 Å². The van der Waals surface area contributed by atoms with Crippen LogP contribution in [0.4, 0.5) is 0 Å². The standard InChI is InChI=1S/C4H9.2O.Sb/c1-3-4-2;;;/h1,3-4H2,2H3;;;. The fraction of sp³-hybridized carbons (Fsp3) is 1.00. The van der Waals surface area contributed by atoms with Crippen LogP contribution in [0.1, 0.15) is 19.8 Å². The van der Waals surface area contributed by atoms with Crippen molar-refractivity contribution in [3.05, 3.63) is 0 Å². The first-order valence-electron chi connectivity index (χ1n) is 2.39. The summed E-state index contributed by atoms with van der Waals surface area (Å²) in [5, 5.41) is 0. The molecule has 0 radical (unpaired) electrons. The molecule has 0 fully saturated rings. The van der Waals surface area contributed by atoms with Crippen molar-refractivity contribution in [1.82, 2.24) is 0 Å². The van der Waals surface area contributed by atoms with Crippen LogP contribution in [0.25, 0.3) is 0 Å². The van der Waals surface area contributed by atoms with Gasteiger partial charge in [0.25, 0.3) is 0 Å². The molecule has 0 spiro atoms. The predicted octanol–water partition coefficient (Wildman–Crippen LogP) is 1.14. The molecule has 0 N–H and O–H groups in total. The molecular formula is C4H9O2Sb. The molecular weight excluding hydrogens is 202 g/mol. The van der Waals surface area contributed by atoms with E-state index in [1.165, 1.54) is 0 Å². The van der Waals surface area contributed by atoms with Gasteiger partial charge in [-0.3, -0.25) is 0 Å². The third-order valence-corrected chi connectivity index (χ3v) is 2.64. The molecule has 0 saturated heterocycles. The van der Waals surface area contributed by atoms with Crippen molar-refractivity contribution >= 4 is 20.2 Å². The molecule has 0 aliphatic heterocycles. The van der Waals surface area contributed by atoms with E-state index < -0.39 is 20.2 Å². The van der Waals surface area contributed by atoms with Gasteiger partial charge in [-0.25, -0.2) is 0 Å². The van der Waals surface area contributed by atoms with Crippen molar-refractivity contribution in [2.75, 3.05) is 0 Å². The van der Waals surface area contributed by atoms with Crippen LogP contribution in [-0.2, 0) is 6.03 Å². The molecule has 0 aliphatic carbocycles. The summed E-state index contributed by atoms with van der Waals surface area (Å²) in [7, 11) is 0. The molecule has 0 saturated carbocycles. The number of unbranched alkanes of at least 4 members (excludes halogenated alkanes) is 1. The zero-order valence-corrected chi connectivity index (χ0v) is 6.94. The molecule has 2 nitrogen and oxygen atoms in total. The Kier molecular flexibility index (Phi) is 4.85. The van der Waals surface area contributed by atoms with Crippen molar-refractivity contribution < 1.29 is 6.03 Å². The number of hydrogen-bond acceptors (Lipinski definition) is 2. The van der Waals surface area contributed by atoms with Crippen LogP contribution in [0.2, 0.25) is 4.37 Å². The van der Waals surface area contributed by atoms with Gasteiger partial charge in [-0.05, 0) is 0 Å². The Morgan fingerprint density at radius 3 is 2.14 bits per heavy atom. The van der Waals surface area contributed by atoms with Crippen LogP contribution in [0.15, 0.2) is 0 Å². The Hall–Kier alpha value is 0.418. The quantitative estimate of drug-likeness (QED) is 0.655. The maximum absolute atomic E-state index is 9.91. The van der Waals surface area contributed by atoms with Crippen molar-refractivity contribution in [3.8, 4) is 0 Å². The van der Waals surface area contributed by atoms with Gasteiger partial charge in [-0.2, -0.15) is 0 Å². The monoisotopic (exact) mass is 210 g/mol. The SMILES string of the molecule is CCC[CH2][Sb](=[O])=[O]. The molecule has 0 aromatic rings. The molecule has 0 unspecified atom stereocenters. The Morgan fingerprint density at radius 2 is 2.00 bits per heavy atom. The predicted molar refractivity (Wildman–Crippen MR) is 26.8 cm³/mol. The van der Waals surface area contributed by atoms with Crippen LogP contribution < -0.4 is 0 Å². The number of hydrogen-bond donors (Lipinski definition) is 0. The molecule has 0 aromatic carbocycles. The second kappa shape index (κ2) is 4.57. The third-order valence-electron chi connectivity index (χ3n) is 0.694. The van der Waals surface area contributed by atoms with E-state index in [1.54, 1.807) is 0 Å². The van der Waals surface area contributed by atoms with E-state index in [0.29, 0.717) is 4.37 Å². The van der Waals surface area contributed by atoms with Gasteiger partial charge >= 0.3 is 50.4 Å². The van der Waals surface area contributed by atoms with E-state index in [0.717, 1.165) is 12.8 Å². The number of rotatable bonds is 3. The van der Waals surface area contributed by atoms with Crippen molar-refractivity contribution in [2.45, 2.75) is 24.1 Å². The van der Waals surface area contributed by atoms with Gasteiger partial charge in [0.1, 0.15) is 0 Å². The van der Waals surface area contributed by atoms with E-state index in [4.69, 9.17) is 0 Å². The summed E-state index contributed by atoms with van der Waals surface area (Å²) in [6, 6.07) is 0. The van der Waals surface area contributed by atoms with Gasteiger partial charge < -0.3 is 0 Å². The van der Waals surface area contributed by atoms with Gasteiger partial charge in [0, 0.05) is 0 Å². The second-order valence-corrected chi connectivity index (χ2v) is 4.59. The zero-order valence-electron chi connectivity index (χ0n) is 4.39. The first-order valence-corrected chi connectivity index (χ1v) is 6.28. The van der Waals surface area contributed by atoms with E-state index >= 15 is 0 Å². The summed E-state index contributed by atoms with van der Waals surface area (Å²) in [5.74, 6) is 0. The van der Waals surface area contributed by atoms with Crippen molar-refractivity contribution in [3.63, 3.8) is 0 Å². The molecule has 0 atom stereocenters. The van der Waals surface area contributed by atoms with Crippen LogP contribution in [0.5, 0.6) is 0 Å². The fourth-order valence-corrected chi connectivity index (χ4v) is 1.93. The second-order valence-electron chi connectivity index (χ2n) is 1.41. The Labute approximate surface area is 50.7 Å². The van der Waals surface area contributed by atoms with Gasteiger partial charge in [0.05, 0.1) is 0 Å². The average molecular weight is 211 g/mol. The van der Waals surface area contributed by atoms with Crippen LogP contribution >= 0.6 is 0 Å². The van der Waals surface area contributed by atoms with E-state index in [1.807, 2.05) is 6.92 Å². The van der Waals surface area contributed by atoms with E-state index in [-0.39, 0.29) is 0 Å². The molecule has 42 valence electrons. The average Bonchev–Trinajstić information content (AvgIpc) is 1.61. The van der Waals surface area contributed by atoms with Crippen LogP contribution in [0, 0.1) is 0 Å². The summed E-state index contributed by atoms with van der Waals surface area (Å²) < 4.78 is 20.3. The fourth-order valence-electron chi connectivity index (χ4n) is 0.287. The van der Waals surface area contributed by atoms with E-state index in [9.17, 15) is 6.03 Å². The molecule has 7 heavy (non-hydrogen) atoms. The molecule has 0 aromatic heterocycles. The molecule has 0 aliphatic rings. The van der Waals surface area contributed by atoms with Gasteiger partial charge in [0.15, 0.2) is 0 Å². The van der Waals surface area contributed by atoms with Crippen molar-refractivity contribution in [1.29, 1.82) is 0 Å². The molecule has 0 amide bonds. The Balaban J connectivity index is 2.98. The molecule has 0 rings (SSSR count). The molecule has 3 heteroatoms. The van der Waals surface area contributed by atoms with E-state index in [2.05, 4.69) is 0 Å². The minimum atomic E-state index is -3.04. The summed E-state index contributed by atoms with van der Waals surface area (Å²) >= 11 is -3.04. The Bertz CT molecular complexity index is 87.9.